The van der Waals surface area contributed by atoms with Gasteiger partial charge in [-0.25, -0.2) is 18.1 Å². The molecule has 2 heterocycles. The normalized spacial score (nSPS) is 22.6. The van der Waals surface area contributed by atoms with Crippen LogP contribution in [0.15, 0.2) is 52.4 Å². The molecular formula is C27H34N4O3S. The predicted molar refractivity (Wildman–Crippen MR) is 139 cm³/mol. The van der Waals surface area contributed by atoms with Gasteiger partial charge in [0.15, 0.2) is 0 Å². The summed E-state index contributed by atoms with van der Waals surface area (Å²) in [7, 11) is -3.87. The van der Waals surface area contributed by atoms with Crippen LogP contribution in [0, 0.1) is 5.92 Å². The smallest absolute Gasteiger partial charge is 0.264 e. The Balaban J connectivity index is 1.54. The lowest BCUT2D eigenvalue weighted by Crippen LogP contribution is -2.31. The Morgan fingerprint density at radius 2 is 1.91 bits per heavy atom. The second-order valence-electron chi connectivity index (χ2n) is 10.0. The highest BCUT2D eigenvalue weighted by molar-refractivity contribution is 7.92. The lowest BCUT2D eigenvalue weighted by Gasteiger charge is -2.28. The maximum atomic E-state index is 13.2. The first-order chi connectivity index (χ1) is 16.9. The van der Waals surface area contributed by atoms with Crippen molar-refractivity contribution >= 4 is 27.2 Å². The third-order valence-electron chi connectivity index (χ3n) is 7.27. The highest BCUT2D eigenvalue weighted by atomic mass is 32.2. The van der Waals surface area contributed by atoms with E-state index >= 15 is 0 Å². The van der Waals surface area contributed by atoms with E-state index in [1.54, 1.807) is 18.2 Å². The molecule has 1 atom stereocenters. The molecule has 7 nitrogen and oxygen atoms in total. The van der Waals surface area contributed by atoms with Crippen LogP contribution in [0.1, 0.15) is 70.9 Å². The van der Waals surface area contributed by atoms with E-state index in [-0.39, 0.29) is 16.9 Å². The van der Waals surface area contributed by atoms with Gasteiger partial charge in [-0.2, -0.15) is 4.98 Å². The van der Waals surface area contributed by atoms with Gasteiger partial charge in [-0.05, 0) is 62.8 Å². The Kier molecular flexibility index (Phi) is 6.82. The van der Waals surface area contributed by atoms with Crippen molar-refractivity contribution in [3.05, 3.63) is 53.2 Å². The second-order valence-corrected chi connectivity index (χ2v) is 11.7. The van der Waals surface area contributed by atoms with Crippen molar-refractivity contribution < 1.29 is 13.2 Å². The number of aromatic nitrogens is 2. The van der Waals surface area contributed by atoms with E-state index in [1.165, 1.54) is 37.7 Å². The van der Waals surface area contributed by atoms with E-state index in [4.69, 9.17) is 4.74 Å². The van der Waals surface area contributed by atoms with Crippen molar-refractivity contribution in [2.75, 3.05) is 16.6 Å². The Bertz CT molecular complexity index is 1260. The van der Waals surface area contributed by atoms with E-state index in [1.807, 2.05) is 12.1 Å². The molecular weight excluding hydrogens is 460 g/mol. The van der Waals surface area contributed by atoms with Crippen LogP contribution >= 0.6 is 0 Å². The Morgan fingerprint density at radius 3 is 2.71 bits per heavy atom. The van der Waals surface area contributed by atoms with Gasteiger partial charge in [-0.1, -0.05) is 49.8 Å². The highest BCUT2D eigenvalue weighted by Gasteiger charge is 2.24. The van der Waals surface area contributed by atoms with Gasteiger partial charge in [0.05, 0.1) is 16.6 Å². The summed E-state index contributed by atoms with van der Waals surface area (Å²) in [6.07, 6.45) is 11.5. The number of allylic oxidation sites excluding steroid dienone is 4. The molecule has 1 aromatic heterocycles. The summed E-state index contributed by atoms with van der Waals surface area (Å²) in [5.74, 6) is 1.05. The Hall–Kier alpha value is -2.87. The van der Waals surface area contributed by atoms with Gasteiger partial charge in [0.1, 0.15) is 6.61 Å². The molecule has 1 aromatic carbocycles. The molecule has 5 rings (SSSR count). The standard InChI is InChI=1S/C27H34N4O3S/c1-18-8-6-9-19(2)26(18)24-16-25-30-27(29-24)31-35(32,33)23-13-7-12-21(15-23)28-22(17-34-25)14-20-10-4-3-5-11-20/h7-8,12-13,15-16,20,22,28H,3-6,9-11,14,17H2,1-2H3,(H,29,30,31). The maximum Gasteiger partial charge on any atom is 0.264 e. The summed E-state index contributed by atoms with van der Waals surface area (Å²) in [4.78, 5) is 9.22. The van der Waals surface area contributed by atoms with E-state index in [9.17, 15) is 8.42 Å². The zero-order valence-electron chi connectivity index (χ0n) is 20.5. The number of hydrogen-bond donors (Lipinski definition) is 2. The first-order valence-corrected chi connectivity index (χ1v) is 14.1. The van der Waals surface area contributed by atoms with E-state index in [0.29, 0.717) is 24.1 Å². The third-order valence-corrected chi connectivity index (χ3v) is 8.59. The van der Waals surface area contributed by atoms with Gasteiger partial charge in [0, 0.05) is 17.3 Å². The second kappa shape index (κ2) is 10.0. The molecule has 4 bridgehead atoms. The molecule has 186 valence electrons. The molecule has 2 aromatic rings. The van der Waals surface area contributed by atoms with Crippen molar-refractivity contribution in [2.45, 2.75) is 76.2 Å². The number of sulfonamides is 1. The van der Waals surface area contributed by atoms with Crippen molar-refractivity contribution in [3.8, 4) is 5.88 Å². The molecule has 8 heteroatoms. The van der Waals surface area contributed by atoms with Crippen LogP contribution in [0.4, 0.5) is 11.6 Å². The minimum atomic E-state index is -3.87. The van der Waals surface area contributed by atoms with Crippen LogP contribution in [0.3, 0.4) is 0 Å². The number of rotatable bonds is 3. The third kappa shape index (κ3) is 5.53. The minimum absolute atomic E-state index is 0.0268. The number of anilines is 2. The lowest BCUT2D eigenvalue weighted by atomic mass is 9.85. The first-order valence-electron chi connectivity index (χ1n) is 12.7. The van der Waals surface area contributed by atoms with Crippen LogP contribution in [-0.4, -0.2) is 31.0 Å². The fraction of sp³-hybridized carbons (Fsp3) is 0.481. The monoisotopic (exact) mass is 494 g/mol. The molecule has 2 N–H and O–H groups in total. The molecule has 1 aliphatic heterocycles. The molecule has 1 saturated carbocycles. The topological polar surface area (TPSA) is 93.2 Å². The van der Waals surface area contributed by atoms with E-state index in [2.05, 4.69) is 39.9 Å². The van der Waals surface area contributed by atoms with E-state index in [0.717, 1.165) is 36.1 Å². The lowest BCUT2D eigenvalue weighted by molar-refractivity contribution is 0.246. The molecule has 0 radical (unpaired) electrons. The number of hydrogen-bond acceptors (Lipinski definition) is 6. The van der Waals surface area contributed by atoms with Gasteiger partial charge >= 0.3 is 0 Å². The van der Waals surface area contributed by atoms with Crippen LogP contribution < -0.4 is 14.8 Å². The largest absolute Gasteiger partial charge is 0.475 e. The zero-order valence-corrected chi connectivity index (χ0v) is 21.3. The van der Waals surface area contributed by atoms with Gasteiger partial charge < -0.3 is 10.1 Å². The molecule has 0 amide bonds. The van der Waals surface area contributed by atoms with Crippen LogP contribution in [-0.2, 0) is 10.0 Å². The quantitative estimate of drug-likeness (QED) is 0.549. The summed E-state index contributed by atoms with van der Waals surface area (Å²) < 4.78 is 35.2. The molecule has 1 unspecified atom stereocenters. The molecule has 0 spiro atoms. The number of benzene rings is 1. The van der Waals surface area contributed by atoms with E-state index < -0.39 is 10.0 Å². The van der Waals surface area contributed by atoms with Crippen LogP contribution in [0.25, 0.3) is 5.57 Å². The number of nitrogens with one attached hydrogen (secondary N) is 2. The number of fused-ring (bicyclic) bond motifs is 4. The average Bonchev–Trinajstić information content (AvgIpc) is 2.82. The molecule has 2 aliphatic carbocycles. The predicted octanol–water partition coefficient (Wildman–Crippen LogP) is 5.93. The number of ether oxygens (including phenoxy) is 1. The summed E-state index contributed by atoms with van der Waals surface area (Å²) >= 11 is 0. The fourth-order valence-corrected chi connectivity index (χ4v) is 6.50. The van der Waals surface area contributed by atoms with Crippen molar-refractivity contribution in [1.29, 1.82) is 0 Å². The van der Waals surface area contributed by atoms with Crippen molar-refractivity contribution in [3.63, 3.8) is 0 Å². The van der Waals surface area contributed by atoms with Gasteiger partial charge in [0.2, 0.25) is 11.8 Å². The molecule has 35 heavy (non-hydrogen) atoms. The minimum Gasteiger partial charge on any atom is -0.475 e. The average molecular weight is 495 g/mol. The van der Waals surface area contributed by atoms with Gasteiger partial charge in [-0.3, -0.25) is 0 Å². The first kappa shape index (κ1) is 23.9. The maximum absolute atomic E-state index is 13.2. The zero-order chi connectivity index (χ0) is 24.4. The fourth-order valence-electron chi connectivity index (χ4n) is 5.51. The van der Waals surface area contributed by atoms with Gasteiger partial charge in [0.25, 0.3) is 10.0 Å². The summed E-state index contributed by atoms with van der Waals surface area (Å²) in [6, 6.07) is 8.80. The van der Waals surface area contributed by atoms with Crippen molar-refractivity contribution in [2.24, 2.45) is 5.92 Å². The molecule has 3 aliphatic rings. The summed E-state index contributed by atoms with van der Waals surface area (Å²) in [6.45, 7) is 4.61. The van der Waals surface area contributed by atoms with Crippen molar-refractivity contribution in [1.82, 2.24) is 9.97 Å². The number of nitrogens with zero attached hydrogens (tertiary/aromatic N) is 2. The summed E-state index contributed by atoms with van der Waals surface area (Å²) in [5, 5.41) is 3.54. The Morgan fingerprint density at radius 1 is 1.09 bits per heavy atom. The Labute approximate surface area is 208 Å². The molecule has 0 saturated heterocycles. The molecule has 1 fully saturated rings. The van der Waals surface area contributed by atoms with Crippen LogP contribution in [0.5, 0.6) is 5.88 Å². The SMILES string of the molecule is CC1=CCCC(C)=C1c1cc2nc(n1)NS(=O)(=O)c1cccc(c1)NC(CC1CCCCC1)CO2. The van der Waals surface area contributed by atoms with Crippen LogP contribution in [0.2, 0.25) is 0 Å². The van der Waals surface area contributed by atoms with Gasteiger partial charge in [-0.15, -0.1) is 0 Å². The highest BCUT2D eigenvalue weighted by Crippen LogP contribution is 2.34. The summed E-state index contributed by atoms with van der Waals surface area (Å²) in [5.41, 5.74) is 4.86.